The number of hydrogen-bond acceptors (Lipinski definition) is 4. The summed E-state index contributed by atoms with van der Waals surface area (Å²) in [4.78, 5) is 11.3. The molecular weight excluding hydrogens is 337 g/mol. The van der Waals surface area contributed by atoms with Crippen LogP contribution in [0.4, 0.5) is 10.1 Å². The second-order valence-electron chi connectivity index (χ2n) is 4.94. The van der Waals surface area contributed by atoms with Gasteiger partial charge in [-0.1, -0.05) is 29.8 Å². The smallest absolute Gasteiger partial charge is 0.315 e. The van der Waals surface area contributed by atoms with Gasteiger partial charge in [-0.25, -0.2) is 4.39 Å². The van der Waals surface area contributed by atoms with Crippen LogP contribution in [0.2, 0.25) is 5.02 Å². The molecule has 0 aromatic heterocycles. The van der Waals surface area contributed by atoms with Crippen molar-refractivity contribution in [1.29, 1.82) is 0 Å². The van der Waals surface area contributed by atoms with E-state index in [1.54, 1.807) is 36.4 Å². The van der Waals surface area contributed by atoms with Crippen LogP contribution in [0.5, 0.6) is 0 Å². The molecule has 0 aliphatic heterocycles. The highest BCUT2D eigenvalue weighted by Gasteiger charge is 2.21. The molecule has 6 heteroatoms. The van der Waals surface area contributed by atoms with E-state index < -0.39 is 0 Å². The third-order valence-electron chi connectivity index (χ3n) is 3.44. The largest absolute Gasteiger partial charge is 0.468 e. The van der Waals surface area contributed by atoms with E-state index in [2.05, 4.69) is 4.74 Å². The molecule has 0 saturated carbocycles. The number of hydrogen-bond donors (Lipinski definition) is 1. The van der Waals surface area contributed by atoms with E-state index in [4.69, 9.17) is 17.3 Å². The molecule has 2 aromatic rings. The minimum Gasteiger partial charge on any atom is -0.468 e. The number of halogens is 2. The van der Waals surface area contributed by atoms with Crippen molar-refractivity contribution in [3.05, 3.63) is 64.4 Å². The number of nitrogen functional groups attached to an aromatic ring is 1. The van der Waals surface area contributed by atoms with Crippen molar-refractivity contribution in [2.45, 2.75) is 5.92 Å². The molecule has 0 heterocycles. The van der Waals surface area contributed by atoms with Gasteiger partial charge in [-0.15, -0.1) is 11.8 Å². The summed E-state index contributed by atoms with van der Waals surface area (Å²) in [6.07, 6.45) is 0. The molecule has 2 aromatic carbocycles. The van der Waals surface area contributed by atoms with Crippen molar-refractivity contribution in [2.24, 2.45) is 0 Å². The SMILES string of the molecule is COC(=O)CSCC(c1cc(Cl)ccc1N)c1ccccc1F. The van der Waals surface area contributed by atoms with Crippen LogP contribution < -0.4 is 5.73 Å². The number of carbonyl (C=O) groups excluding carboxylic acids is 1. The summed E-state index contributed by atoms with van der Waals surface area (Å²) in [6.45, 7) is 0. The highest BCUT2D eigenvalue weighted by molar-refractivity contribution is 7.99. The first-order chi connectivity index (χ1) is 11.0. The fourth-order valence-corrected chi connectivity index (χ4v) is 3.45. The van der Waals surface area contributed by atoms with Crippen LogP contribution in [0, 0.1) is 5.82 Å². The molecule has 0 bridgehead atoms. The van der Waals surface area contributed by atoms with Crippen LogP contribution in [0.3, 0.4) is 0 Å². The lowest BCUT2D eigenvalue weighted by Gasteiger charge is -2.20. The summed E-state index contributed by atoms with van der Waals surface area (Å²) in [5.74, 6) is -0.246. The molecule has 0 radical (unpaired) electrons. The topological polar surface area (TPSA) is 52.3 Å². The van der Waals surface area contributed by atoms with E-state index in [0.717, 1.165) is 5.56 Å². The molecule has 0 aliphatic rings. The van der Waals surface area contributed by atoms with E-state index in [1.807, 2.05) is 0 Å². The van der Waals surface area contributed by atoms with Crippen LogP contribution >= 0.6 is 23.4 Å². The molecule has 2 N–H and O–H groups in total. The first-order valence-electron chi connectivity index (χ1n) is 6.97. The molecule has 1 atom stereocenters. The zero-order valence-corrected chi connectivity index (χ0v) is 14.2. The van der Waals surface area contributed by atoms with Gasteiger partial charge in [0.1, 0.15) is 5.82 Å². The van der Waals surface area contributed by atoms with Gasteiger partial charge in [0, 0.05) is 22.4 Å². The Morgan fingerprint density at radius 3 is 2.74 bits per heavy atom. The van der Waals surface area contributed by atoms with Gasteiger partial charge in [0.15, 0.2) is 0 Å². The first-order valence-corrected chi connectivity index (χ1v) is 8.50. The number of ether oxygens (including phenoxy) is 1. The third-order valence-corrected chi connectivity index (χ3v) is 4.68. The Labute approximate surface area is 144 Å². The Morgan fingerprint density at radius 1 is 1.30 bits per heavy atom. The van der Waals surface area contributed by atoms with E-state index in [-0.39, 0.29) is 23.5 Å². The van der Waals surface area contributed by atoms with Gasteiger partial charge < -0.3 is 10.5 Å². The second kappa shape index (κ2) is 8.22. The number of carbonyl (C=O) groups is 1. The molecule has 1 unspecified atom stereocenters. The average molecular weight is 354 g/mol. The normalized spacial score (nSPS) is 12.0. The Kier molecular flexibility index (Phi) is 6.30. The summed E-state index contributed by atoms with van der Waals surface area (Å²) >= 11 is 7.43. The number of benzene rings is 2. The first kappa shape index (κ1) is 17.6. The van der Waals surface area contributed by atoms with Gasteiger partial charge in [-0.2, -0.15) is 0 Å². The van der Waals surface area contributed by atoms with Gasteiger partial charge in [-0.3, -0.25) is 4.79 Å². The van der Waals surface area contributed by atoms with Crippen molar-refractivity contribution in [3.63, 3.8) is 0 Å². The molecular formula is C17H17ClFNO2S. The van der Waals surface area contributed by atoms with Crippen molar-refractivity contribution < 1.29 is 13.9 Å². The van der Waals surface area contributed by atoms with E-state index >= 15 is 0 Å². The van der Waals surface area contributed by atoms with Gasteiger partial charge in [0.25, 0.3) is 0 Å². The lowest BCUT2D eigenvalue weighted by atomic mass is 9.91. The fourth-order valence-electron chi connectivity index (χ4n) is 2.27. The third kappa shape index (κ3) is 4.62. The van der Waals surface area contributed by atoms with Crippen molar-refractivity contribution in [2.75, 3.05) is 24.3 Å². The van der Waals surface area contributed by atoms with Gasteiger partial charge in [0.05, 0.1) is 12.9 Å². The maximum atomic E-state index is 14.2. The molecule has 2 rings (SSSR count). The van der Waals surface area contributed by atoms with Crippen molar-refractivity contribution in [1.82, 2.24) is 0 Å². The van der Waals surface area contributed by atoms with Crippen LogP contribution in [-0.2, 0) is 9.53 Å². The predicted molar refractivity (Wildman–Crippen MR) is 93.4 cm³/mol. The van der Waals surface area contributed by atoms with Crippen LogP contribution in [0.1, 0.15) is 17.0 Å². The second-order valence-corrected chi connectivity index (χ2v) is 6.41. The molecule has 23 heavy (non-hydrogen) atoms. The standard InChI is InChI=1S/C17H17ClFNO2S/c1-22-17(21)10-23-9-14(12-4-2-3-5-15(12)19)13-8-11(18)6-7-16(13)20/h2-8,14H,9-10,20H2,1H3. The molecule has 0 fully saturated rings. The number of nitrogens with two attached hydrogens (primary N) is 1. The summed E-state index contributed by atoms with van der Waals surface area (Å²) in [6, 6.07) is 11.7. The maximum Gasteiger partial charge on any atom is 0.315 e. The van der Waals surface area contributed by atoms with Crippen LogP contribution in [-0.4, -0.2) is 24.6 Å². The van der Waals surface area contributed by atoms with Crippen LogP contribution in [0.25, 0.3) is 0 Å². The lowest BCUT2D eigenvalue weighted by Crippen LogP contribution is -2.12. The van der Waals surface area contributed by atoms with Gasteiger partial charge in [0.2, 0.25) is 0 Å². The Morgan fingerprint density at radius 2 is 2.04 bits per heavy atom. The number of anilines is 1. The quantitative estimate of drug-likeness (QED) is 0.627. The number of methoxy groups -OCH3 is 1. The summed E-state index contributed by atoms with van der Waals surface area (Å²) in [5.41, 5.74) is 7.87. The Bertz CT molecular complexity index is 696. The van der Waals surface area contributed by atoms with Crippen molar-refractivity contribution >= 4 is 35.0 Å². The lowest BCUT2D eigenvalue weighted by molar-refractivity contribution is -0.137. The molecule has 3 nitrogen and oxygen atoms in total. The predicted octanol–water partition coefficient (Wildman–Crippen LogP) is 4.10. The molecule has 0 amide bonds. The number of rotatable bonds is 6. The molecule has 0 spiro atoms. The van der Waals surface area contributed by atoms with Crippen LogP contribution in [0.15, 0.2) is 42.5 Å². The monoisotopic (exact) mass is 353 g/mol. The van der Waals surface area contributed by atoms with E-state index in [9.17, 15) is 9.18 Å². The summed E-state index contributed by atoms with van der Waals surface area (Å²) in [7, 11) is 1.34. The van der Waals surface area contributed by atoms with Gasteiger partial charge in [-0.05, 0) is 35.4 Å². The average Bonchev–Trinajstić information content (AvgIpc) is 2.55. The molecule has 122 valence electrons. The fraction of sp³-hybridized carbons (Fsp3) is 0.235. The molecule has 0 aliphatic carbocycles. The minimum absolute atomic E-state index is 0.196. The zero-order valence-electron chi connectivity index (χ0n) is 12.6. The minimum atomic E-state index is -0.318. The Balaban J connectivity index is 2.33. The highest BCUT2D eigenvalue weighted by Crippen LogP contribution is 2.34. The zero-order chi connectivity index (χ0) is 16.8. The maximum absolute atomic E-state index is 14.2. The van der Waals surface area contributed by atoms with E-state index in [1.165, 1.54) is 24.9 Å². The molecule has 0 saturated heterocycles. The number of thioether (sulfide) groups is 1. The highest BCUT2D eigenvalue weighted by atomic mass is 35.5. The van der Waals surface area contributed by atoms with E-state index in [0.29, 0.717) is 22.0 Å². The number of esters is 1. The summed E-state index contributed by atoms with van der Waals surface area (Å²) in [5, 5.41) is 0.536. The summed E-state index contributed by atoms with van der Waals surface area (Å²) < 4.78 is 18.9. The van der Waals surface area contributed by atoms with Gasteiger partial charge >= 0.3 is 5.97 Å². The van der Waals surface area contributed by atoms with Crippen molar-refractivity contribution in [3.8, 4) is 0 Å². The Hall–Kier alpha value is -1.72.